The smallest absolute Gasteiger partial charge is 0.322 e. The van der Waals surface area contributed by atoms with E-state index in [1.54, 1.807) is 69.3 Å². The van der Waals surface area contributed by atoms with Crippen LogP contribution in [0.1, 0.15) is 35.5 Å². The van der Waals surface area contributed by atoms with E-state index in [0.717, 1.165) is 11.1 Å². The van der Waals surface area contributed by atoms with Crippen molar-refractivity contribution in [2.75, 3.05) is 12.4 Å². The fourth-order valence-electron chi connectivity index (χ4n) is 4.29. The molecule has 3 aromatic carbocycles. The van der Waals surface area contributed by atoms with Crippen LogP contribution in [0.2, 0.25) is 0 Å². The predicted octanol–water partition coefficient (Wildman–Crippen LogP) is 4.93. The molecule has 40 heavy (non-hydrogen) atoms. The number of carboxylic acid groups (broad SMARTS) is 1. The highest BCUT2D eigenvalue weighted by atomic mass is 32.2. The van der Waals surface area contributed by atoms with Gasteiger partial charge in [-0.3, -0.25) is 9.59 Å². The molecule has 1 amide bonds. The summed E-state index contributed by atoms with van der Waals surface area (Å²) >= 11 is 0. The quantitative estimate of drug-likeness (QED) is 0.259. The molecule has 0 fully saturated rings. The van der Waals surface area contributed by atoms with Crippen molar-refractivity contribution in [2.24, 2.45) is 5.92 Å². The second-order valence-corrected chi connectivity index (χ2v) is 11.1. The Hall–Kier alpha value is -4.66. The summed E-state index contributed by atoms with van der Waals surface area (Å²) in [6.45, 7) is 4.96. The SMILES string of the molecule is COc1c(C#N)ccc2oc(C(=O)Nc3ccc(-c4ccc(S(=O)(=O)NC(C(=O)O)C(C)C)cc4)cc3)c(C)c12. The van der Waals surface area contributed by atoms with E-state index in [2.05, 4.69) is 16.1 Å². The summed E-state index contributed by atoms with van der Waals surface area (Å²) in [5.74, 6) is -1.70. The number of aliphatic carboxylic acids is 1. The number of amides is 1. The number of carbonyl (C=O) groups excluding carboxylic acids is 1. The largest absolute Gasteiger partial charge is 0.495 e. The van der Waals surface area contributed by atoms with Gasteiger partial charge in [0.1, 0.15) is 23.4 Å². The second kappa shape index (κ2) is 11.2. The summed E-state index contributed by atoms with van der Waals surface area (Å²) in [4.78, 5) is 24.3. The molecule has 1 unspecified atom stereocenters. The number of anilines is 1. The first-order valence-electron chi connectivity index (χ1n) is 12.2. The molecule has 0 saturated carbocycles. The summed E-state index contributed by atoms with van der Waals surface area (Å²) in [5.41, 5.74) is 3.32. The molecule has 0 aliphatic carbocycles. The van der Waals surface area contributed by atoms with Crippen LogP contribution in [-0.4, -0.2) is 38.6 Å². The van der Waals surface area contributed by atoms with Gasteiger partial charge in [0.05, 0.1) is 23.0 Å². The summed E-state index contributed by atoms with van der Waals surface area (Å²) in [6, 6.07) is 17.0. The number of nitrogens with zero attached hydrogens (tertiary/aromatic N) is 1. The van der Waals surface area contributed by atoms with Gasteiger partial charge < -0.3 is 19.6 Å². The lowest BCUT2D eigenvalue weighted by atomic mass is 10.1. The number of aryl methyl sites for hydroxylation is 1. The Labute approximate surface area is 231 Å². The van der Waals surface area contributed by atoms with Crippen molar-refractivity contribution in [1.29, 1.82) is 5.26 Å². The summed E-state index contributed by atoms with van der Waals surface area (Å²) in [6.07, 6.45) is 0. The zero-order chi connectivity index (χ0) is 29.2. The van der Waals surface area contributed by atoms with Crippen LogP contribution in [0, 0.1) is 24.2 Å². The molecule has 0 aliphatic rings. The zero-order valence-corrected chi connectivity index (χ0v) is 23.0. The van der Waals surface area contributed by atoms with Crippen LogP contribution in [0.15, 0.2) is 70.0 Å². The molecule has 0 saturated heterocycles. The molecule has 206 valence electrons. The number of benzene rings is 3. The maximum Gasteiger partial charge on any atom is 0.322 e. The molecule has 11 heteroatoms. The highest BCUT2D eigenvalue weighted by Gasteiger charge is 2.28. The lowest BCUT2D eigenvalue weighted by Gasteiger charge is -2.18. The molecule has 1 aromatic heterocycles. The molecule has 0 radical (unpaired) electrons. The minimum absolute atomic E-state index is 0.0493. The van der Waals surface area contributed by atoms with Crippen molar-refractivity contribution in [2.45, 2.75) is 31.7 Å². The number of fused-ring (bicyclic) bond motifs is 1. The number of carbonyl (C=O) groups is 2. The molecule has 3 N–H and O–H groups in total. The fourth-order valence-corrected chi connectivity index (χ4v) is 5.63. The van der Waals surface area contributed by atoms with Crippen LogP contribution < -0.4 is 14.8 Å². The van der Waals surface area contributed by atoms with Crippen LogP contribution in [0.3, 0.4) is 0 Å². The first-order chi connectivity index (χ1) is 19.0. The number of furan rings is 1. The van der Waals surface area contributed by atoms with Gasteiger partial charge in [-0.05, 0) is 60.4 Å². The monoisotopic (exact) mass is 561 g/mol. The average molecular weight is 562 g/mol. The van der Waals surface area contributed by atoms with Crippen LogP contribution in [0.4, 0.5) is 5.69 Å². The van der Waals surface area contributed by atoms with E-state index < -0.39 is 33.9 Å². The number of hydrogen-bond donors (Lipinski definition) is 3. The zero-order valence-electron chi connectivity index (χ0n) is 22.2. The van der Waals surface area contributed by atoms with Gasteiger partial charge in [-0.2, -0.15) is 9.98 Å². The molecule has 0 spiro atoms. The van der Waals surface area contributed by atoms with E-state index in [1.807, 2.05) is 0 Å². The Bertz CT molecular complexity index is 1730. The van der Waals surface area contributed by atoms with Gasteiger partial charge >= 0.3 is 5.97 Å². The highest BCUT2D eigenvalue weighted by Crippen LogP contribution is 2.36. The van der Waals surface area contributed by atoms with Gasteiger partial charge in [0.15, 0.2) is 5.76 Å². The summed E-state index contributed by atoms with van der Waals surface area (Å²) in [5, 5.41) is 22.0. The van der Waals surface area contributed by atoms with E-state index in [0.29, 0.717) is 33.5 Å². The van der Waals surface area contributed by atoms with Crippen molar-refractivity contribution in [1.82, 2.24) is 4.72 Å². The second-order valence-electron chi connectivity index (χ2n) is 9.42. The number of methoxy groups -OCH3 is 1. The van der Waals surface area contributed by atoms with Crippen molar-refractivity contribution in [3.05, 3.63) is 77.6 Å². The molecule has 4 aromatic rings. The molecule has 10 nitrogen and oxygen atoms in total. The molecule has 1 heterocycles. The maximum atomic E-state index is 13.0. The van der Waals surface area contributed by atoms with Crippen molar-refractivity contribution < 1.29 is 32.3 Å². The van der Waals surface area contributed by atoms with Gasteiger partial charge in [0, 0.05) is 11.3 Å². The van der Waals surface area contributed by atoms with E-state index in [-0.39, 0.29) is 10.7 Å². The standard InChI is InChI=1S/C29H27N3O7S/c1-16(2)25(29(34)35)32-40(36,37)22-12-7-19(8-13-22)18-5-10-21(11-6-18)31-28(33)26-17(3)24-23(39-26)14-9-20(15-30)27(24)38-4/h5-14,16,25,32H,1-4H3,(H,31,33)(H,34,35). The number of sulfonamides is 1. The average Bonchev–Trinajstić information content (AvgIpc) is 3.27. The van der Waals surface area contributed by atoms with Gasteiger partial charge in [0.25, 0.3) is 5.91 Å². The Morgan fingerprint density at radius 2 is 1.60 bits per heavy atom. The minimum Gasteiger partial charge on any atom is -0.495 e. The lowest BCUT2D eigenvalue weighted by Crippen LogP contribution is -2.44. The third kappa shape index (κ3) is 5.54. The first kappa shape index (κ1) is 28.4. The summed E-state index contributed by atoms with van der Waals surface area (Å²) in [7, 11) is -2.58. The van der Waals surface area contributed by atoms with Crippen LogP contribution in [0.5, 0.6) is 5.75 Å². The van der Waals surface area contributed by atoms with E-state index in [9.17, 15) is 28.4 Å². The molecular weight excluding hydrogens is 534 g/mol. The number of nitriles is 1. The number of nitrogens with one attached hydrogen (secondary N) is 2. The molecule has 1 atom stereocenters. The predicted molar refractivity (Wildman–Crippen MR) is 149 cm³/mol. The minimum atomic E-state index is -4.03. The first-order valence-corrected chi connectivity index (χ1v) is 13.7. The Balaban J connectivity index is 1.50. The third-order valence-corrected chi connectivity index (χ3v) is 7.89. The van der Waals surface area contributed by atoms with E-state index in [4.69, 9.17) is 9.15 Å². The maximum absolute atomic E-state index is 13.0. The fraction of sp³-hybridized carbons (Fsp3) is 0.207. The normalized spacial score (nSPS) is 12.2. The number of rotatable bonds is 9. The van der Waals surface area contributed by atoms with Crippen LogP contribution in [-0.2, 0) is 14.8 Å². The number of ether oxygens (including phenoxy) is 1. The van der Waals surface area contributed by atoms with Gasteiger partial charge in [-0.15, -0.1) is 0 Å². The van der Waals surface area contributed by atoms with E-state index in [1.165, 1.54) is 19.2 Å². The van der Waals surface area contributed by atoms with Crippen LogP contribution in [0.25, 0.3) is 22.1 Å². The topological polar surface area (TPSA) is 159 Å². The van der Waals surface area contributed by atoms with E-state index >= 15 is 0 Å². The number of carboxylic acids is 1. The Kier molecular flexibility index (Phi) is 7.95. The van der Waals surface area contributed by atoms with Gasteiger partial charge in [0.2, 0.25) is 10.0 Å². The Morgan fingerprint density at radius 3 is 2.12 bits per heavy atom. The summed E-state index contributed by atoms with van der Waals surface area (Å²) < 4.78 is 38.7. The third-order valence-electron chi connectivity index (χ3n) is 6.43. The van der Waals surface area contributed by atoms with Crippen molar-refractivity contribution >= 4 is 38.6 Å². The molecule has 0 aliphatic heterocycles. The molecular formula is C29H27N3O7S. The number of hydrogen-bond acceptors (Lipinski definition) is 7. The lowest BCUT2D eigenvalue weighted by molar-refractivity contribution is -0.140. The molecule has 4 rings (SSSR count). The molecule has 0 bridgehead atoms. The van der Waals surface area contributed by atoms with Crippen molar-refractivity contribution in [3.8, 4) is 22.9 Å². The highest BCUT2D eigenvalue weighted by molar-refractivity contribution is 7.89. The van der Waals surface area contributed by atoms with Gasteiger partial charge in [-0.25, -0.2) is 8.42 Å². The Morgan fingerprint density at radius 1 is 1.00 bits per heavy atom. The van der Waals surface area contributed by atoms with Crippen molar-refractivity contribution in [3.63, 3.8) is 0 Å². The van der Waals surface area contributed by atoms with Crippen LogP contribution >= 0.6 is 0 Å². The van der Waals surface area contributed by atoms with Gasteiger partial charge in [-0.1, -0.05) is 38.1 Å².